The molecule has 1 saturated heterocycles. The molecule has 182 valence electrons. The molecule has 9 nitrogen and oxygen atoms in total. The van der Waals surface area contributed by atoms with Gasteiger partial charge in [-0.05, 0) is 30.3 Å². The lowest BCUT2D eigenvalue weighted by atomic mass is 10.1. The molecule has 0 unspecified atom stereocenters. The van der Waals surface area contributed by atoms with Gasteiger partial charge in [0.05, 0.1) is 37.2 Å². The maximum Gasteiger partial charge on any atom is 0.247 e. The molecule has 0 spiro atoms. The third-order valence-electron chi connectivity index (χ3n) is 5.91. The van der Waals surface area contributed by atoms with E-state index in [0.717, 1.165) is 40.9 Å². The van der Waals surface area contributed by atoms with Crippen LogP contribution in [0.5, 0.6) is 5.75 Å². The van der Waals surface area contributed by atoms with Crippen LogP contribution in [0.25, 0.3) is 22.2 Å². The third kappa shape index (κ3) is 4.96. The first kappa shape index (κ1) is 23.3. The summed E-state index contributed by atoms with van der Waals surface area (Å²) in [4.78, 5) is 27.8. The van der Waals surface area contributed by atoms with Gasteiger partial charge in [-0.2, -0.15) is 0 Å². The number of anilines is 4. The molecule has 2 aromatic carbocycles. The zero-order valence-electron chi connectivity index (χ0n) is 19.9. The standard InChI is InChI=1S/C27H26N6O3/c1-3-25(34)30-19-9-10-28-23(15-19)21-6-4-5-18-17-29-27(32-26(18)21)31-22-8-7-20(16-24(22)35-2)33-11-13-36-14-12-33/h3-10,15-17H,1,11-14H2,2H3,(H,28,30,34)(H,29,31,32). The number of benzene rings is 2. The van der Waals surface area contributed by atoms with Crippen LogP contribution in [0.4, 0.5) is 23.0 Å². The lowest BCUT2D eigenvalue weighted by Gasteiger charge is -2.29. The second kappa shape index (κ2) is 10.4. The molecule has 0 bridgehead atoms. The van der Waals surface area contributed by atoms with Crippen molar-refractivity contribution in [1.82, 2.24) is 15.0 Å². The number of carbonyl (C=O) groups excluding carboxylic acids is 1. The Bertz CT molecular complexity index is 1420. The number of nitrogens with one attached hydrogen (secondary N) is 2. The molecule has 1 fully saturated rings. The Morgan fingerprint density at radius 1 is 1.14 bits per heavy atom. The van der Waals surface area contributed by atoms with E-state index in [1.54, 1.807) is 31.6 Å². The van der Waals surface area contributed by atoms with Crippen molar-refractivity contribution in [2.75, 3.05) is 48.9 Å². The summed E-state index contributed by atoms with van der Waals surface area (Å²) in [7, 11) is 1.65. The fourth-order valence-corrected chi connectivity index (χ4v) is 4.09. The molecular formula is C27H26N6O3. The highest BCUT2D eigenvalue weighted by atomic mass is 16.5. The number of rotatable bonds is 7. The van der Waals surface area contributed by atoms with E-state index >= 15 is 0 Å². The lowest BCUT2D eigenvalue weighted by molar-refractivity contribution is -0.111. The first-order chi connectivity index (χ1) is 17.6. The number of aromatic nitrogens is 3. The lowest BCUT2D eigenvalue weighted by Crippen LogP contribution is -2.36. The van der Waals surface area contributed by atoms with E-state index in [9.17, 15) is 4.79 Å². The van der Waals surface area contributed by atoms with E-state index in [1.165, 1.54) is 6.08 Å². The molecule has 1 amide bonds. The largest absolute Gasteiger partial charge is 0.494 e. The summed E-state index contributed by atoms with van der Waals surface area (Å²) in [6, 6.07) is 15.4. The molecular weight excluding hydrogens is 456 g/mol. The molecule has 2 N–H and O–H groups in total. The Morgan fingerprint density at radius 2 is 2.00 bits per heavy atom. The number of hydrogen-bond acceptors (Lipinski definition) is 8. The summed E-state index contributed by atoms with van der Waals surface area (Å²) in [5.74, 6) is 0.847. The van der Waals surface area contributed by atoms with E-state index in [1.807, 2.05) is 30.3 Å². The second-order valence-corrected chi connectivity index (χ2v) is 8.17. The molecule has 2 aromatic heterocycles. The fourth-order valence-electron chi connectivity index (χ4n) is 4.09. The van der Waals surface area contributed by atoms with Crippen molar-refractivity contribution in [2.24, 2.45) is 0 Å². The molecule has 9 heteroatoms. The van der Waals surface area contributed by atoms with Gasteiger partial charge in [0.15, 0.2) is 0 Å². The summed E-state index contributed by atoms with van der Waals surface area (Å²) in [6.45, 7) is 6.62. The predicted octanol–water partition coefficient (Wildman–Crippen LogP) is 4.41. The molecule has 5 rings (SSSR count). The second-order valence-electron chi connectivity index (χ2n) is 8.17. The van der Waals surface area contributed by atoms with Gasteiger partial charge in [-0.3, -0.25) is 9.78 Å². The van der Waals surface area contributed by atoms with Crippen LogP contribution in [-0.2, 0) is 9.53 Å². The van der Waals surface area contributed by atoms with Crippen LogP contribution in [0.15, 0.2) is 73.6 Å². The molecule has 36 heavy (non-hydrogen) atoms. The highest BCUT2D eigenvalue weighted by Gasteiger charge is 2.15. The predicted molar refractivity (Wildman–Crippen MR) is 141 cm³/mol. The van der Waals surface area contributed by atoms with Gasteiger partial charge in [0.25, 0.3) is 0 Å². The number of para-hydroxylation sites is 1. The van der Waals surface area contributed by atoms with E-state index < -0.39 is 0 Å². The molecule has 3 heterocycles. The summed E-state index contributed by atoms with van der Waals surface area (Å²) >= 11 is 0. The maximum absolute atomic E-state index is 11.7. The Hall–Kier alpha value is -4.50. The van der Waals surface area contributed by atoms with Gasteiger partial charge in [-0.15, -0.1) is 0 Å². The van der Waals surface area contributed by atoms with Crippen LogP contribution in [0.3, 0.4) is 0 Å². The molecule has 1 aliphatic heterocycles. The number of methoxy groups -OCH3 is 1. The highest BCUT2D eigenvalue weighted by Crippen LogP contribution is 2.33. The molecule has 0 radical (unpaired) electrons. The smallest absolute Gasteiger partial charge is 0.247 e. The van der Waals surface area contributed by atoms with Crippen LogP contribution in [-0.4, -0.2) is 54.3 Å². The minimum atomic E-state index is -0.285. The molecule has 1 aliphatic rings. The van der Waals surface area contributed by atoms with Crippen molar-refractivity contribution < 1.29 is 14.3 Å². The van der Waals surface area contributed by atoms with Crippen LogP contribution in [0.2, 0.25) is 0 Å². The number of hydrogen-bond donors (Lipinski definition) is 2. The van der Waals surface area contributed by atoms with E-state index in [-0.39, 0.29) is 5.91 Å². The molecule has 0 atom stereocenters. The quantitative estimate of drug-likeness (QED) is 0.374. The summed E-state index contributed by atoms with van der Waals surface area (Å²) in [5, 5.41) is 6.93. The Morgan fingerprint density at radius 3 is 2.81 bits per heavy atom. The molecule has 0 aliphatic carbocycles. The van der Waals surface area contributed by atoms with Gasteiger partial charge >= 0.3 is 0 Å². The van der Waals surface area contributed by atoms with Crippen LogP contribution >= 0.6 is 0 Å². The van der Waals surface area contributed by atoms with Crippen molar-refractivity contribution in [3.05, 3.63) is 73.6 Å². The van der Waals surface area contributed by atoms with E-state index in [2.05, 4.69) is 38.1 Å². The Balaban J connectivity index is 1.46. The minimum absolute atomic E-state index is 0.285. The van der Waals surface area contributed by atoms with Gasteiger partial charge < -0.3 is 25.0 Å². The fraction of sp³-hybridized carbons (Fsp3) is 0.185. The van der Waals surface area contributed by atoms with Crippen molar-refractivity contribution >= 4 is 39.8 Å². The number of ether oxygens (including phenoxy) is 2. The third-order valence-corrected chi connectivity index (χ3v) is 5.91. The van der Waals surface area contributed by atoms with Crippen molar-refractivity contribution in [2.45, 2.75) is 0 Å². The monoisotopic (exact) mass is 482 g/mol. The zero-order valence-corrected chi connectivity index (χ0v) is 19.9. The van der Waals surface area contributed by atoms with Gasteiger partial charge in [-0.25, -0.2) is 9.97 Å². The minimum Gasteiger partial charge on any atom is -0.494 e. The van der Waals surface area contributed by atoms with Gasteiger partial charge in [0, 0.05) is 53.9 Å². The van der Waals surface area contributed by atoms with Crippen LogP contribution in [0, 0.1) is 0 Å². The van der Waals surface area contributed by atoms with Crippen LogP contribution < -0.4 is 20.3 Å². The number of morpholine rings is 1. The Kier molecular flexibility index (Phi) is 6.72. The first-order valence-electron chi connectivity index (χ1n) is 11.6. The Labute approximate surface area is 208 Å². The number of pyridine rings is 1. The summed E-state index contributed by atoms with van der Waals surface area (Å²) < 4.78 is 11.1. The normalized spacial score (nSPS) is 13.3. The summed E-state index contributed by atoms with van der Waals surface area (Å²) in [5.41, 5.74) is 4.70. The maximum atomic E-state index is 11.7. The summed E-state index contributed by atoms with van der Waals surface area (Å²) in [6.07, 6.45) is 4.64. The SMILES string of the molecule is C=CC(=O)Nc1ccnc(-c2cccc3cnc(Nc4ccc(N5CCOCC5)cc4OC)nc23)c1. The number of carbonyl (C=O) groups is 1. The van der Waals surface area contributed by atoms with Crippen molar-refractivity contribution in [1.29, 1.82) is 0 Å². The molecule has 0 saturated carbocycles. The average Bonchev–Trinajstić information content (AvgIpc) is 2.93. The van der Waals surface area contributed by atoms with Gasteiger partial charge in [0.1, 0.15) is 5.75 Å². The van der Waals surface area contributed by atoms with E-state index in [4.69, 9.17) is 14.5 Å². The average molecular weight is 483 g/mol. The van der Waals surface area contributed by atoms with Crippen molar-refractivity contribution in [3.8, 4) is 17.0 Å². The van der Waals surface area contributed by atoms with E-state index in [0.29, 0.717) is 36.3 Å². The van der Waals surface area contributed by atoms with Gasteiger partial charge in [-0.1, -0.05) is 24.8 Å². The number of nitrogens with zero attached hydrogens (tertiary/aromatic N) is 4. The van der Waals surface area contributed by atoms with Crippen LogP contribution in [0.1, 0.15) is 0 Å². The topological polar surface area (TPSA) is 102 Å². The first-order valence-corrected chi connectivity index (χ1v) is 11.6. The van der Waals surface area contributed by atoms with Crippen molar-refractivity contribution in [3.63, 3.8) is 0 Å². The number of amides is 1. The highest BCUT2D eigenvalue weighted by molar-refractivity contribution is 5.99. The van der Waals surface area contributed by atoms with Gasteiger partial charge in [0.2, 0.25) is 11.9 Å². The number of fused-ring (bicyclic) bond motifs is 1. The molecule has 4 aromatic rings. The zero-order chi connectivity index (χ0) is 24.9.